The molecule has 1 amide bonds. The second-order valence-corrected chi connectivity index (χ2v) is 8.69. The maximum Gasteiger partial charge on any atom is 0.227 e. The van der Waals surface area contributed by atoms with Crippen LogP contribution >= 0.6 is 0 Å². The molecular weight excluding hydrogens is 410 g/mol. The summed E-state index contributed by atoms with van der Waals surface area (Å²) >= 11 is 0. The molecule has 1 heterocycles. The first-order valence-corrected chi connectivity index (χ1v) is 11.6. The number of carbonyl (C=O) groups is 3. The van der Waals surface area contributed by atoms with Crippen LogP contribution in [0.2, 0.25) is 0 Å². The average Bonchev–Trinajstić information content (AvgIpc) is 2.86. The van der Waals surface area contributed by atoms with Gasteiger partial charge in [-0.3, -0.25) is 14.4 Å². The zero-order chi connectivity index (χ0) is 23.0. The Morgan fingerprint density at radius 3 is 1.52 bits per heavy atom. The molecule has 0 aromatic heterocycles. The van der Waals surface area contributed by atoms with Gasteiger partial charge in [0.05, 0.1) is 6.42 Å². The molecule has 1 aliphatic heterocycles. The summed E-state index contributed by atoms with van der Waals surface area (Å²) < 4.78 is 0. The average molecular weight is 440 g/mol. The molecule has 2 atom stereocenters. The summed E-state index contributed by atoms with van der Waals surface area (Å²) in [4.78, 5) is 41.4. The van der Waals surface area contributed by atoms with Crippen LogP contribution in [0.1, 0.15) is 58.4 Å². The summed E-state index contributed by atoms with van der Waals surface area (Å²) in [6.07, 6.45) is 3.27. The Balaban J connectivity index is 1.56. The van der Waals surface area contributed by atoms with E-state index in [4.69, 9.17) is 0 Å². The number of hydrogen-bond acceptors (Lipinski definition) is 3. The van der Waals surface area contributed by atoms with E-state index < -0.39 is 0 Å². The highest BCUT2D eigenvalue weighted by atomic mass is 16.2. The van der Waals surface area contributed by atoms with E-state index in [1.165, 1.54) is 0 Å². The number of likely N-dealkylation sites (tertiary alicyclic amines) is 1. The van der Waals surface area contributed by atoms with Gasteiger partial charge in [-0.1, -0.05) is 91.0 Å². The lowest BCUT2D eigenvalue weighted by Gasteiger charge is -2.42. The highest BCUT2D eigenvalue weighted by Gasteiger charge is 2.36. The van der Waals surface area contributed by atoms with E-state index >= 15 is 0 Å². The molecule has 1 saturated heterocycles. The number of hydrogen-bond donors (Lipinski definition) is 0. The monoisotopic (exact) mass is 439 g/mol. The number of Topliss-reactive ketones (excluding diaryl/α,β-unsaturated/α-hetero) is 2. The summed E-state index contributed by atoms with van der Waals surface area (Å²) in [7, 11) is 0. The summed E-state index contributed by atoms with van der Waals surface area (Å²) in [5, 5.41) is 0. The van der Waals surface area contributed by atoms with Crippen molar-refractivity contribution in [1.29, 1.82) is 0 Å². The van der Waals surface area contributed by atoms with Crippen LogP contribution in [0.3, 0.4) is 0 Å². The van der Waals surface area contributed by atoms with Crippen molar-refractivity contribution in [2.45, 2.75) is 50.6 Å². The van der Waals surface area contributed by atoms with Crippen molar-refractivity contribution in [1.82, 2.24) is 4.90 Å². The fraction of sp³-hybridized carbons (Fsp3) is 0.276. The summed E-state index contributed by atoms with van der Waals surface area (Å²) in [6, 6.07) is 27.7. The van der Waals surface area contributed by atoms with Gasteiger partial charge in [-0.2, -0.15) is 0 Å². The Morgan fingerprint density at radius 2 is 1.06 bits per heavy atom. The normalized spacial score (nSPS) is 18.0. The zero-order valence-electron chi connectivity index (χ0n) is 18.7. The van der Waals surface area contributed by atoms with E-state index in [2.05, 4.69) is 0 Å². The summed E-state index contributed by atoms with van der Waals surface area (Å²) in [6.45, 7) is 0. The summed E-state index contributed by atoms with van der Waals surface area (Å²) in [5.41, 5.74) is 2.26. The van der Waals surface area contributed by atoms with Gasteiger partial charge in [0.25, 0.3) is 0 Å². The third-order valence-corrected chi connectivity index (χ3v) is 6.38. The van der Waals surface area contributed by atoms with Crippen molar-refractivity contribution < 1.29 is 14.4 Å². The predicted octanol–water partition coefficient (Wildman–Crippen LogP) is 5.52. The van der Waals surface area contributed by atoms with Crippen molar-refractivity contribution in [2.24, 2.45) is 0 Å². The predicted molar refractivity (Wildman–Crippen MR) is 129 cm³/mol. The van der Waals surface area contributed by atoms with E-state index in [0.29, 0.717) is 11.1 Å². The van der Waals surface area contributed by atoms with Gasteiger partial charge in [-0.15, -0.1) is 0 Å². The smallest absolute Gasteiger partial charge is 0.227 e. The van der Waals surface area contributed by atoms with Crippen LogP contribution in [-0.4, -0.2) is 34.5 Å². The first-order chi connectivity index (χ1) is 16.1. The Bertz CT molecular complexity index is 1020. The molecule has 1 aliphatic rings. The van der Waals surface area contributed by atoms with Gasteiger partial charge in [0, 0.05) is 36.1 Å². The minimum absolute atomic E-state index is 0.0161. The Morgan fingerprint density at radius 1 is 0.636 bits per heavy atom. The number of benzene rings is 3. The van der Waals surface area contributed by atoms with Crippen LogP contribution in [0, 0.1) is 0 Å². The Kier molecular flexibility index (Phi) is 7.46. The maximum absolute atomic E-state index is 13.5. The van der Waals surface area contributed by atoms with Crippen molar-refractivity contribution >= 4 is 17.5 Å². The van der Waals surface area contributed by atoms with Crippen LogP contribution in [0.5, 0.6) is 0 Å². The van der Waals surface area contributed by atoms with Crippen LogP contribution in [-0.2, 0) is 11.2 Å². The van der Waals surface area contributed by atoms with E-state index in [9.17, 15) is 14.4 Å². The molecule has 0 aliphatic carbocycles. The fourth-order valence-electron chi connectivity index (χ4n) is 4.75. The first-order valence-electron chi connectivity index (χ1n) is 11.6. The van der Waals surface area contributed by atoms with Crippen LogP contribution in [0.4, 0.5) is 0 Å². The molecule has 4 rings (SSSR count). The van der Waals surface area contributed by atoms with Gasteiger partial charge in [-0.25, -0.2) is 0 Å². The van der Waals surface area contributed by atoms with Crippen LogP contribution in [0.25, 0.3) is 0 Å². The van der Waals surface area contributed by atoms with E-state index in [1.807, 2.05) is 95.9 Å². The van der Waals surface area contributed by atoms with Gasteiger partial charge in [0.2, 0.25) is 5.91 Å². The lowest BCUT2D eigenvalue weighted by Crippen LogP contribution is -2.52. The minimum Gasteiger partial charge on any atom is -0.336 e. The molecule has 4 heteroatoms. The van der Waals surface area contributed by atoms with E-state index in [-0.39, 0.29) is 48.8 Å². The SMILES string of the molecule is O=C(C[C@H]1CCC[C@@H](CC(=O)c2ccccc2)N1C(=O)Cc1ccccc1)c1ccccc1. The van der Waals surface area contributed by atoms with E-state index in [0.717, 1.165) is 24.8 Å². The van der Waals surface area contributed by atoms with Gasteiger partial charge < -0.3 is 4.90 Å². The molecule has 0 unspecified atom stereocenters. The molecule has 33 heavy (non-hydrogen) atoms. The van der Waals surface area contributed by atoms with Crippen molar-refractivity contribution in [3.63, 3.8) is 0 Å². The third kappa shape index (κ3) is 5.83. The number of ketones is 2. The molecule has 0 saturated carbocycles. The third-order valence-electron chi connectivity index (χ3n) is 6.38. The van der Waals surface area contributed by atoms with Gasteiger partial charge >= 0.3 is 0 Å². The van der Waals surface area contributed by atoms with E-state index in [1.54, 1.807) is 0 Å². The molecule has 1 fully saturated rings. The second kappa shape index (κ2) is 10.9. The molecular formula is C29H29NO3. The van der Waals surface area contributed by atoms with Crippen LogP contribution in [0.15, 0.2) is 91.0 Å². The van der Waals surface area contributed by atoms with Crippen molar-refractivity contribution in [3.8, 4) is 0 Å². The molecule has 3 aromatic rings. The van der Waals surface area contributed by atoms with Gasteiger partial charge in [-0.05, 0) is 24.8 Å². The molecule has 4 nitrogen and oxygen atoms in total. The molecule has 0 radical (unpaired) electrons. The maximum atomic E-state index is 13.5. The number of carbonyl (C=O) groups excluding carboxylic acids is 3. The van der Waals surface area contributed by atoms with Gasteiger partial charge in [0.15, 0.2) is 11.6 Å². The fourth-order valence-corrected chi connectivity index (χ4v) is 4.75. The molecule has 0 N–H and O–H groups in total. The first kappa shape index (κ1) is 22.7. The van der Waals surface area contributed by atoms with Crippen molar-refractivity contribution in [2.75, 3.05) is 0 Å². The summed E-state index contributed by atoms with van der Waals surface area (Å²) in [5.74, 6) is 0.0546. The Hall–Kier alpha value is -3.53. The highest BCUT2D eigenvalue weighted by molar-refractivity contribution is 5.97. The minimum atomic E-state index is -0.198. The van der Waals surface area contributed by atoms with Crippen molar-refractivity contribution in [3.05, 3.63) is 108 Å². The number of piperidine rings is 1. The number of nitrogens with zero attached hydrogens (tertiary/aromatic N) is 1. The molecule has 168 valence electrons. The molecule has 0 spiro atoms. The largest absolute Gasteiger partial charge is 0.336 e. The topological polar surface area (TPSA) is 54.5 Å². The highest BCUT2D eigenvalue weighted by Crippen LogP contribution is 2.30. The standard InChI is InChI=1S/C29H29NO3/c31-27(23-13-6-2-7-14-23)20-25-17-10-18-26(21-28(32)24-15-8-3-9-16-24)30(25)29(33)19-22-11-4-1-5-12-22/h1-9,11-16,25-26H,10,17-21H2/t25-,26+. The second-order valence-electron chi connectivity index (χ2n) is 8.69. The van der Waals surface area contributed by atoms with Crippen LogP contribution < -0.4 is 0 Å². The molecule has 0 bridgehead atoms. The lowest BCUT2D eigenvalue weighted by atomic mass is 9.87. The number of amides is 1. The quantitative estimate of drug-likeness (QED) is 0.434. The zero-order valence-corrected chi connectivity index (χ0v) is 18.7. The Labute approximate surface area is 195 Å². The number of rotatable bonds is 8. The molecule has 3 aromatic carbocycles. The van der Waals surface area contributed by atoms with Gasteiger partial charge in [0.1, 0.15) is 0 Å². The lowest BCUT2D eigenvalue weighted by molar-refractivity contribution is -0.137.